The van der Waals surface area contributed by atoms with E-state index in [0.29, 0.717) is 17.3 Å². The number of hydrogen-bond acceptors (Lipinski definition) is 2. The maximum Gasteiger partial charge on any atom is 0.0524 e. The molecule has 1 fully saturated rings. The van der Waals surface area contributed by atoms with Gasteiger partial charge in [0.15, 0.2) is 0 Å². The summed E-state index contributed by atoms with van der Waals surface area (Å²) in [5, 5.41) is 4.31. The minimum Gasteiger partial charge on any atom is -0.330 e. The Morgan fingerprint density at radius 1 is 1.57 bits per heavy atom. The molecule has 1 aliphatic rings. The van der Waals surface area contributed by atoms with Gasteiger partial charge in [-0.15, -0.1) is 0 Å². The number of aromatic nitrogens is 2. The summed E-state index contributed by atoms with van der Waals surface area (Å²) in [6, 6.07) is 0. The first-order chi connectivity index (χ1) is 6.61. The van der Waals surface area contributed by atoms with Crippen LogP contribution in [0.2, 0.25) is 0 Å². The van der Waals surface area contributed by atoms with Crippen LogP contribution >= 0.6 is 0 Å². The van der Waals surface area contributed by atoms with Crippen LogP contribution in [0.25, 0.3) is 0 Å². The van der Waals surface area contributed by atoms with E-state index >= 15 is 0 Å². The van der Waals surface area contributed by atoms with Gasteiger partial charge in [-0.2, -0.15) is 5.10 Å². The molecule has 0 bridgehead atoms. The van der Waals surface area contributed by atoms with Crippen LogP contribution in [0.15, 0.2) is 12.4 Å². The summed E-state index contributed by atoms with van der Waals surface area (Å²) < 4.78 is 1.98. The van der Waals surface area contributed by atoms with Crippen LogP contribution in [0.1, 0.15) is 32.3 Å². The molecule has 2 atom stereocenters. The standard InChI is InChI=1S/C11H19N3/c1-4-14-7-8(6-13-14)10-9(5-12)11(10,2)3/h6-7,9-10H,4-5,12H2,1-3H3/t9-,10-/m1/s1. The second kappa shape index (κ2) is 3.09. The molecule has 0 radical (unpaired) electrons. The van der Waals surface area contributed by atoms with Crippen molar-refractivity contribution in [3.05, 3.63) is 18.0 Å². The third-order valence-corrected chi connectivity index (χ3v) is 3.64. The molecule has 1 heterocycles. The van der Waals surface area contributed by atoms with E-state index in [9.17, 15) is 0 Å². The third kappa shape index (κ3) is 1.27. The monoisotopic (exact) mass is 193 g/mol. The number of nitrogens with two attached hydrogens (primary N) is 1. The normalized spacial score (nSPS) is 29.1. The SMILES string of the molecule is CCn1cc([C@@H]2[C@@H](CN)C2(C)C)cn1. The topological polar surface area (TPSA) is 43.8 Å². The van der Waals surface area contributed by atoms with Crippen molar-refractivity contribution in [1.29, 1.82) is 0 Å². The number of aryl methyl sites for hydroxylation is 1. The maximum absolute atomic E-state index is 5.75. The fraction of sp³-hybridized carbons (Fsp3) is 0.727. The molecule has 0 spiro atoms. The summed E-state index contributed by atoms with van der Waals surface area (Å²) in [6.07, 6.45) is 4.15. The van der Waals surface area contributed by atoms with Gasteiger partial charge in [-0.25, -0.2) is 0 Å². The molecule has 1 aromatic rings. The van der Waals surface area contributed by atoms with Crippen LogP contribution in [0.3, 0.4) is 0 Å². The van der Waals surface area contributed by atoms with Gasteiger partial charge < -0.3 is 5.73 Å². The second-order valence-corrected chi connectivity index (χ2v) is 4.77. The van der Waals surface area contributed by atoms with Crippen LogP contribution in [0, 0.1) is 11.3 Å². The van der Waals surface area contributed by atoms with Crippen LogP contribution < -0.4 is 5.73 Å². The van der Waals surface area contributed by atoms with Gasteiger partial charge in [0.1, 0.15) is 0 Å². The maximum atomic E-state index is 5.75. The molecule has 2 N–H and O–H groups in total. The molecule has 14 heavy (non-hydrogen) atoms. The van der Waals surface area contributed by atoms with Crippen LogP contribution in [0.5, 0.6) is 0 Å². The lowest BCUT2D eigenvalue weighted by Gasteiger charge is -1.98. The van der Waals surface area contributed by atoms with Crippen LogP contribution in [-0.4, -0.2) is 16.3 Å². The average molecular weight is 193 g/mol. The van der Waals surface area contributed by atoms with Gasteiger partial charge in [0, 0.05) is 12.7 Å². The van der Waals surface area contributed by atoms with Crippen LogP contribution in [-0.2, 0) is 6.54 Å². The molecule has 0 aromatic carbocycles. The summed E-state index contributed by atoms with van der Waals surface area (Å²) in [5.41, 5.74) is 7.47. The van der Waals surface area contributed by atoms with Crippen molar-refractivity contribution in [2.24, 2.45) is 17.1 Å². The first kappa shape index (κ1) is 9.71. The molecule has 0 unspecified atom stereocenters. The Bertz CT molecular complexity index is 327. The molecule has 2 rings (SSSR count). The zero-order valence-corrected chi connectivity index (χ0v) is 9.20. The molecule has 1 aliphatic carbocycles. The molecule has 1 saturated carbocycles. The largest absolute Gasteiger partial charge is 0.330 e. The fourth-order valence-corrected chi connectivity index (χ4v) is 2.56. The Kier molecular flexibility index (Phi) is 2.14. The predicted molar refractivity (Wildman–Crippen MR) is 57.0 cm³/mol. The van der Waals surface area contributed by atoms with E-state index in [0.717, 1.165) is 13.1 Å². The Morgan fingerprint density at radius 3 is 2.71 bits per heavy atom. The quantitative estimate of drug-likeness (QED) is 0.792. The molecule has 1 aromatic heterocycles. The average Bonchev–Trinajstić information content (AvgIpc) is 2.55. The molecule has 0 saturated heterocycles. The van der Waals surface area contributed by atoms with Gasteiger partial charge in [0.25, 0.3) is 0 Å². The molecule has 0 aliphatic heterocycles. The van der Waals surface area contributed by atoms with Gasteiger partial charge in [0.05, 0.1) is 6.20 Å². The Labute approximate surface area is 85.3 Å². The Hall–Kier alpha value is -0.830. The number of hydrogen-bond donors (Lipinski definition) is 1. The highest BCUT2D eigenvalue weighted by Crippen LogP contribution is 2.63. The molecule has 3 heteroatoms. The third-order valence-electron chi connectivity index (χ3n) is 3.64. The lowest BCUT2D eigenvalue weighted by Crippen LogP contribution is -2.05. The number of rotatable bonds is 3. The van der Waals surface area contributed by atoms with E-state index in [1.807, 2.05) is 10.9 Å². The minimum absolute atomic E-state index is 0.371. The highest BCUT2D eigenvalue weighted by atomic mass is 15.3. The van der Waals surface area contributed by atoms with Crippen molar-refractivity contribution in [2.75, 3.05) is 6.54 Å². The molecule has 78 valence electrons. The van der Waals surface area contributed by atoms with Crippen molar-refractivity contribution < 1.29 is 0 Å². The predicted octanol–water partition coefficient (Wildman–Crippen LogP) is 1.60. The van der Waals surface area contributed by atoms with Crippen LogP contribution in [0.4, 0.5) is 0 Å². The van der Waals surface area contributed by atoms with Crippen molar-refractivity contribution in [2.45, 2.75) is 33.2 Å². The zero-order chi connectivity index (χ0) is 10.3. The summed E-state index contributed by atoms with van der Waals surface area (Å²) in [7, 11) is 0. The van der Waals surface area contributed by atoms with Gasteiger partial charge in [0.2, 0.25) is 0 Å². The molecule has 0 amide bonds. The summed E-state index contributed by atoms with van der Waals surface area (Å²) in [4.78, 5) is 0. The van der Waals surface area contributed by atoms with E-state index in [2.05, 4.69) is 32.1 Å². The summed E-state index contributed by atoms with van der Waals surface area (Å²) >= 11 is 0. The van der Waals surface area contributed by atoms with E-state index in [4.69, 9.17) is 5.73 Å². The fourth-order valence-electron chi connectivity index (χ4n) is 2.56. The van der Waals surface area contributed by atoms with Gasteiger partial charge in [-0.1, -0.05) is 13.8 Å². The lowest BCUT2D eigenvalue weighted by molar-refractivity contribution is 0.558. The molecular formula is C11H19N3. The van der Waals surface area contributed by atoms with E-state index in [1.54, 1.807) is 0 Å². The molecular weight excluding hydrogens is 174 g/mol. The van der Waals surface area contributed by atoms with Gasteiger partial charge >= 0.3 is 0 Å². The van der Waals surface area contributed by atoms with Gasteiger partial charge in [-0.3, -0.25) is 4.68 Å². The lowest BCUT2D eigenvalue weighted by atomic mass is 10.1. The first-order valence-corrected chi connectivity index (χ1v) is 5.33. The zero-order valence-electron chi connectivity index (χ0n) is 9.20. The summed E-state index contributed by atoms with van der Waals surface area (Å²) in [6.45, 7) is 8.42. The van der Waals surface area contributed by atoms with Crippen molar-refractivity contribution in [1.82, 2.24) is 9.78 Å². The molecule has 3 nitrogen and oxygen atoms in total. The van der Waals surface area contributed by atoms with Crippen molar-refractivity contribution >= 4 is 0 Å². The Balaban J connectivity index is 2.18. The van der Waals surface area contributed by atoms with Crippen molar-refractivity contribution in [3.63, 3.8) is 0 Å². The van der Waals surface area contributed by atoms with E-state index < -0.39 is 0 Å². The number of nitrogens with zero attached hydrogens (tertiary/aromatic N) is 2. The first-order valence-electron chi connectivity index (χ1n) is 5.33. The second-order valence-electron chi connectivity index (χ2n) is 4.77. The van der Waals surface area contributed by atoms with Gasteiger partial charge in [-0.05, 0) is 36.3 Å². The van der Waals surface area contributed by atoms with E-state index in [-0.39, 0.29) is 0 Å². The summed E-state index contributed by atoms with van der Waals surface area (Å²) in [5.74, 6) is 1.25. The van der Waals surface area contributed by atoms with E-state index in [1.165, 1.54) is 5.56 Å². The smallest absolute Gasteiger partial charge is 0.0524 e. The van der Waals surface area contributed by atoms with Crippen molar-refractivity contribution in [3.8, 4) is 0 Å². The highest BCUT2D eigenvalue weighted by molar-refractivity contribution is 5.28. The highest BCUT2D eigenvalue weighted by Gasteiger charge is 2.57. The minimum atomic E-state index is 0.371. The Morgan fingerprint density at radius 2 is 2.29 bits per heavy atom.